The molecule has 0 atom stereocenters. The number of aliphatic hydroxyl groups is 2. The molecular formula is C7H19I3O2. The molecule has 80 valence electrons. The van der Waals surface area contributed by atoms with E-state index in [2.05, 4.69) is 6.92 Å². The third kappa shape index (κ3) is 22.7. The number of halogens is 3. The van der Waals surface area contributed by atoms with Gasteiger partial charge in [0.15, 0.2) is 6.29 Å². The van der Waals surface area contributed by atoms with Gasteiger partial charge < -0.3 is 10.2 Å². The van der Waals surface area contributed by atoms with E-state index >= 15 is 0 Å². The molecule has 0 heterocycles. The van der Waals surface area contributed by atoms with E-state index in [1.54, 1.807) is 0 Å². The van der Waals surface area contributed by atoms with Crippen molar-refractivity contribution in [1.82, 2.24) is 0 Å². The van der Waals surface area contributed by atoms with Crippen molar-refractivity contribution >= 4 is 71.9 Å². The Labute approximate surface area is 126 Å². The van der Waals surface area contributed by atoms with Crippen LogP contribution in [0.5, 0.6) is 0 Å². The lowest BCUT2D eigenvalue weighted by molar-refractivity contribution is -0.0465. The average Bonchev–Trinajstić information content (AvgIpc) is 1.80. The van der Waals surface area contributed by atoms with Gasteiger partial charge in [-0.15, -0.1) is 71.9 Å². The fraction of sp³-hybridized carbons (Fsp3) is 1.00. The smallest absolute Gasteiger partial charge is 0.151 e. The van der Waals surface area contributed by atoms with Gasteiger partial charge in [-0.05, 0) is 12.8 Å². The van der Waals surface area contributed by atoms with Gasteiger partial charge >= 0.3 is 0 Å². The van der Waals surface area contributed by atoms with E-state index < -0.39 is 6.29 Å². The third-order valence-electron chi connectivity index (χ3n) is 1.32. The van der Waals surface area contributed by atoms with Crippen LogP contribution >= 0.6 is 71.9 Å². The molecule has 0 aliphatic heterocycles. The first kappa shape index (κ1) is 23.7. The summed E-state index contributed by atoms with van der Waals surface area (Å²) in [6.45, 7) is 2.13. The van der Waals surface area contributed by atoms with Crippen molar-refractivity contribution in [2.45, 2.75) is 45.3 Å². The fourth-order valence-corrected chi connectivity index (χ4v) is 0.754. The largest absolute Gasteiger partial charge is 0.368 e. The van der Waals surface area contributed by atoms with Gasteiger partial charge in [-0.25, -0.2) is 0 Å². The molecule has 0 radical (unpaired) electrons. The van der Waals surface area contributed by atoms with Gasteiger partial charge in [0.1, 0.15) is 0 Å². The van der Waals surface area contributed by atoms with Crippen LogP contribution in [0.4, 0.5) is 0 Å². The van der Waals surface area contributed by atoms with Crippen molar-refractivity contribution in [2.24, 2.45) is 0 Å². The molecule has 0 saturated carbocycles. The molecule has 5 heteroatoms. The van der Waals surface area contributed by atoms with E-state index in [4.69, 9.17) is 10.2 Å². The summed E-state index contributed by atoms with van der Waals surface area (Å²) in [7, 11) is 0. The van der Waals surface area contributed by atoms with Gasteiger partial charge in [-0.1, -0.05) is 26.2 Å². The molecule has 2 nitrogen and oxygen atoms in total. The minimum absolute atomic E-state index is 0. The summed E-state index contributed by atoms with van der Waals surface area (Å²) < 4.78 is 0. The van der Waals surface area contributed by atoms with Gasteiger partial charge in [0.2, 0.25) is 0 Å². The summed E-state index contributed by atoms with van der Waals surface area (Å²) in [5.41, 5.74) is 0. The number of unbranched alkanes of at least 4 members (excludes halogenated alkanes) is 3. The van der Waals surface area contributed by atoms with Crippen molar-refractivity contribution in [1.29, 1.82) is 0 Å². The Morgan fingerprint density at radius 1 is 0.917 bits per heavy atom. The second-order valence-electron chi connectivity index (χ2n) is 2.33. The number of aliphatic hydroxyl groups excluding tert-OH is 1. The summed E-state index contributed by atoms with van der Waals surface area (Å²) in [4.78, 5) is 0. The molecule has 0 aromatic carbocycles. The number of rotatable bonds is 5. The Morgan fingerprint density at radius 2 is 1.42 bits per heavy atom. The summed E-state index contributed by atoms with van der Waals surface area (Å²) in [6, 6.07) is 0. The van der Waals surface area contributed by atoms with E-state index in [-0.39, 0.29) is 71.9 Å². The zero-order chi connectivity index (χ0) is 7.11. The zero-order valence-corrected chi connectivity index (χ0v) is 14.2. The Hall–Kier alpha value is 2.11. The van der Waals surface area contributed by atoms with Crippen LogP contribution in [0.2, 0.25) is 0 Å². The Kier molecular flexibility index (Phi) is 37.2. The molecule has 0 spiro atoms. The standard InChI is InChI=1S/C7H16O2.3HI/c1-2-3-4-5-6-7(8)9;;;/h7-9H,2-6H2,1H3;3*1H. The minimum atomic E-state index is -1.10. The van der Waals surface area contributed by atoms with Crippen molar-refractivity contribution in [3.05, 3.63) is 0 Å². The highest BCUT2D eigenvalue weighted by molar-refractivity contribution is 14.0. The van der Waals surface area contributed by atoms with Crippen molar-refractivity contribution in [3.8, 4) is 0 Å². The second kappa shape index (κ2) is 18.8. The van der Waals surface area contributed by atoms with Gasteiger partial charge in [-0.3, -0.25) is 0 Å². The first-order valence-corrected chi connectivity index (χ1v) is 3.63. The highest BCUT2D eigenvalue weighted by atomic mass is 127. The molecule has 0 saturated heterocycles. The Morgan fingerprint density at radius 3 is 1.75 bits per heavy atom. The molecule has 0 aliphatic rings. The molecule has 12 heavy (non-hydrogen) atoms. The molecule has 0 bridgehead atoms. The van der Waals surface area contributed by atoms with Crippen LogP contribution in [0, 0.1) is 0 Å². The predicted molar refractivity (Wildman–Crippen MR) is 83.2 cm³/mol. The summed E-state index contributed by atoms with van der Waals surface area (Å²) in [5, 5.41) is 16.8. The van der Waals surface area contributed by atoms with Crippen molar-refractivity contribution in [2.75, 3.05) is 0 Å². The van der Waals surface area contributed by atoms with E-state index in [1.165, 1.54) is 12.8 Å². The van der Waals surface area contributed by atoms with Gasteiger partial charge in [0, 0.05) is 0 Å². The van der Waals surface area contributed by atoms with E-state index in [9.17, 15) is 0 Å². The van der Waals surface area contributed by atoms with Crippen molar-refractivity contribution in [3.63, 3.8) is 0 Å². The second-order valence-corrected chi connectivity index (χ2v) is 2.33. The van der Waals surface area contributed by atoms with Gasteiger partial charge in [0.05, 0.1) is 0 Å². The topological polar surface area (TPSA) is 40.5 Å². The fourth-order valence-electron chi connectivity index (χ4n) is 0.754. The van der Waals surface area contributed by atoms with Gasteiger partial charge in [0.25, 0.3) is 0 Å². The van der Waals surface area contributed by atoms with E-state index in [0.29, 0.717) is 6.42 Å². The normalized spacial score (nSPS) is 8.00. The lowest BCUT2D eigenvalue weighted by atomic mass is 10.1. The van der Waals surface area contributed by atoms with Crippen molar-refractivity contribution < 1.29 is 10.2 Å². The average molecular weight is 516 g/mol. The van der Waals surface area contributed by atoms with Crippen LogP contribution in [-0.4, -0.2) is 16.5 Å². The molecule has 0 aromatic heterocycles. The molecule has 0 amide bonds. The zero-order valence-electron chi connectivity index (χ0n) is 7.23. The van der Waals surface area contributed by atoms with Crippen LogP contribution in [0.3, 0.4) is 0 Å². The molecular weight excluding hydrogens is 497 g/mol. The molecule has 0 aliphatic carbocycles. The summed E-state index contributed by atoms with van der Waals surface area (Å²) in [5.74, 6) is 0. The predicted octanol–water partition coefficient (Wildman–Crippen LogP) is 3.12. The lowest BCUT2D eigenvalue weighted by Gasteiger charge is -2.00. The van der Waals surface area contributed by atoms with Crippen LogP contribution in [0.25, 0.3) is 0 Å². The highest BCUT2D eigenvalue weighted by Gasteiger charge is 1.94. The minimum Gasteiger partial charge on any atom is -0.368 e. The molecule has 2 N–H and O–H groups in total. The number of hydrogen-bond donors (Lipinski definition) is 2. The summed E-state index contributed by atoms with van der Waals surface area (Å²) in [6.07, 6.45) is 3.88. The molecule has 0 aromatic rings. The molecule has 0 unspecified atom stereocenters. The van der Waals surface area contributed by atoms with E-state index in [1.807, 2.05) is 0 Å². The molecule has 0 fully saturated rings. The maximum atomic E-state index is 8.41. The first-order valence-electron chi connectivity index (χ1n) is 3.63. The maximum Gasteiger partial charge on any atom is 0.151 e. The summed E-state index contributed by atoms with van der Waals surface area (Å²) >= 11 is 0. The van der Waals surface area contributed by atoms with Crippen LogP contribution in [0.1, 0.15) is 39.0 Å². The highest BCUT2D eigenvalue weighted by Crippen LogP contribution is 2.03. The monoisotopic (exact) mass is 516 g/mol. The van der Waals surface area contributed by atoms with Crippen LogP contribution in [0.15, 0.2) is 0 Å². The lowest BCUT2D eigenvalue weighted by Crippen LogP contribution is -2.02. The Balaban J connectivity index is -0.000000107. The van der Waals surface area contributed by atoms with Crippen LogP contribution in [-0.2, 0) is 0 Å². The van der Waals surface area contributed by atoms with Gasteiger partial charge in [-0.2, -0.15) is 0 Å². The van der Waals surface area contributed by atoms with Crippen LogP contribution < -0.4 is 0 Å². The maximum absolute atomic E-state index is 8.41. The molecule has 0 rings (SSSR count). The quantitative estimate of drug-likeness (QED) is 0.336. The van der Waals surface area contributed by atoms with E-state index in [0.717, 1.165) is 12.8 Å². The Bertz CT molecular complexity index is 62.6. The third-order valence-corrected chi connectivity index (χ3v) is 1.32. The number of hydrogen-bond acceptors (Lipinski definition) is 2. The first-order chi connectivity index (χ1) is 4.27. The SMILES string of the molecule is CCCCCCC(O)O.I.I.I.